The normalized spacial score (nSPS) is 24.6. The van der Waals surface area contributed by atoms with Gasteiger partial charge in [0.15, 0.2) is 0 Å². The first-order valence-electron chi connectivity index (χ1n) is 7.39. The van der Waals surface area contributed by atoms with Gasteiger partial charge in [0, 0.05) is 24.7 Å². The summed E-state index contributed by atoms with van der Waals surface area (Å²) in [7, 11) is 0. The van der Waals surface area contributed by atoms with Crippen molar-refractivity contribution in [2.24, 2.45) is 17.6 Å². The average Bonchev–Trinajstić information content (AvgIpc) is 2.87. The number of benzene rings is 1. The number of aliphatic hydroxyl groups is 1. The molecule has 0 radical (unpaired) electrons. The van der Waals surface area contributed by atoms with Gasteiger partial charge >= 0.3 is 0 Å². The molecule has 1 heterocycles. The first-order chi connectivity index (χ1) is 9.49. The van der Waals surface area contributed by atoms with Crippen molar-refractivity contribution >= 4 is 0 Å². The van der Waals surface area contributed by atoms with Crippen molar-refractivity contribution in [1.29, 1.82) is 0 Å². The van der Waals surface area contributed by atoms with Gasteiger partial charge in [-0.3, -0.25) is 0 Å². The summed E-state index contributed by atoms with van der Waals surface area (Å²) in [6, 6.07) is 6.44. The highest BCUT2D eigenvalue weighted by Crippen LogP contribution is 2.26. The Morgan fingerprint density at radius 2 is 2.10 bits per heavy atom. The van der Waals surface area contributed by atoms with Gasteiger partial charge in [0.25, 0.3) is 0 Å². The third kappa shape index (κ3) is 3.57. The molecule has 112 valence electrons. The van der Waals surface area contributed by atoms with Gasteiger partial charge in [-0.2, -0.15) is 0 Å². The van der Waals surface area contributed by atoms with Crippen molar-refractivity contribution in [3.8, 4) is 0 Å². The van der Waals surface area contributed by atoms with Crippen molar-refractivity contribution in [2.75, 3.05) is 19.6 Å². The fraction of sp³-hybridized carbons (Fsp3) is 0.625. The van der Waals surface area contributed by atoms with Crippen LogP contribution in [0.3, 0.4) is 0 Å². The molecule has 1 saturated heterocycles. The summed E-state index contributed by atoms with van der Waals surface area (Å²) in [5, 5.41) is 9.63. The van der Waals surface area contributed by atoms with Crippen LogP contribution >= 0.6 is 0 Å². The second-order valence-electron chi connectivity index (χ2n) is 6.07. The number of nitrogens with zero attached hydrogens (tertiary/aromatic N) is 1. The molecule has 1 aromatic rings. The molecule has 1 aliphatic heterocycles. The lowest BCUT2D eigenvalue weighted by molar-refractivity contribution is 0.125. The highest BCUT2D eigenvalue weighted by molar-refractivity contribution is 5.21. The molecule has 1 fully saturated rings. The summed E-state index contributed by atoms with van der Waals surface area (Å²) in [4.78, 5) is 2.32. The summed E-state index contributed by atoms with van der Waals surface area (Å²) >= 11 is 0. The molecule has 3 N–H and O–H groups in total. The molecule has 0 aromatic heterocycles. The Morgan fingerprint density at radius 1 is 1.40 bits per heavy atom. The summed E-state index contributed by atoms with van der Waals surface area (Å²) < 4.78 is 13.8. The maximum atomic E-state index is 13.8. The molecule has 4 heteroatoms. The van der Waals surface area contributed by atoms with E-state index < -0.39 is 0 Å². The van der Waals surface area contributed by atoms with Crippen molar-refractivity contribution in [1.82, 2.24) is 4.90 Å². The summed E-state index contributed by atoms with van der Waals surface area (Å²) in [6.07, 6.45) is 0.773. The van der Waals surface area contributed by atoms with Crippen molar-refractivity contribution in [3.05, 3.63) is 35.6 Å². The maximum absolute atomic E-state index is 13.8. The largest absolute Gasteiger partial charge is 0.393 e. The van der Waals surface area contributed by atoms with Gasteiger partial charge in [-0.15, -0.1) is 0 Å². The monoisotopic (exact) mass is 280 g/mol. The Labute approximate surface area is 120 Å². The molecule has 4 atom stereocenters. The topological polar surface area (TPSA) is 49.5 Å². The Hall–Kier alpha value is -0.970. The quantitative estimate of drug-likeness (QED) is 0.869. The van der Waals surface area contributed by atoms with Gasteiger partial charge in [-0.1, -0.05) is 25.1 Å². The number of likely N-dealkylation sites (tertiary alicyclic amines) is 1. The number of rotatable bonds is 5. The standard InChI is InChI=1S/C16H25FN2O/c1-11(9-19-8-7-13(10-19)12(2)20)16(18)14-5-3-4-6-15(14)17/h3-6,11-13,16,20H,7-10,18H2,1-2H3. The van der Waals surface area contributed by atoms with Gasteiger partial charge in [0.1, 0.15) is 5.82 Å². The third-order valence-corrected chi connectivity index (χ3v) is 4.41. The van der Waals surface area contributed by atoms with Gasteiger partial charge < -0.3 is 15.7 Å². The van der Waals surface area contributed by atoms with Gasteiger partial charge in [-0.05, 0) is 37.8 Å². The molecule has 0 bridgehead atoms. The molecular formula is C16H25FN2O. The lowest BCUT2D eigenvalue weighted by atomic mass is 9.94. The first kappa shape index (κ1) is 15.4. The van der Waals surface area contributed by atoms with Crippen LogP contribution in [0.5, 0.6) is 0 Å². The van der Waals surface area contributed by atoms with Crippen LogP contribution in [0.15, 0.2) is 24.3 Å². The first-order valence-corrected chi connectivity index (χ1v) is 7.39. The van der Waals surface area contributed by atoms with Crippen molar-refractivity contribution in [2.45, 2.75) is 32.4 Å². The zero-order valence-electron chi connectivity index (χ0n) is 12.3. The average molecular weight is 280 g/mol. The van der Waals surface area contributed by atoms with Crippen LogP contribution in [0.1, 0.15) is 31.9 Å². The van der Waals surface area contributed by atoms with Gasteiger partial charge in [-0.25, -0.2) is 4.39 Å². The predicted molar refractivity (Wildman–Crippen MR) is 78.7 cm³/mol. The molecule has 1 aliphatic rings. The van der Waals surface area contributed by atoms with Crippen molar-refractivity contribution < 1.29 is 9.50 Å². The number of hydrogen-bond acceptors (Lipinski definition) is 3. The van der Waals surface area contributed by atoms with Crippen LogP contribution < -0.4 is 5.73 Å². The number of halogens is 1. The van der Waals surface area contributed by atoms with Gasteiger partial charge in [0.05, 0.1) is 6.10 Å². The van der Waals surface area contributed by atoms with Crippen LogP contribution in [0.4, 0.5) is 4.39 Å². The smallest absolute Gasteiger partial charge is 0.127 e. The van der Waals surface area contributed by atoms with E-state index in [4.69, 9.17) is 5.73 Å². The molecule has 0 saturated carbocycles. The fourth-order valence-electron chi connectivity index (χ4n) is 2.99. The molecule has 1 aromatic carbocycles. The summed E-state index contributed by atoms with van der Waals surface area (Å²) in [5.74, 6) is 0.307. The Kier molecular flexibility index (Phi) is 5.13. The second-order valence-corrected chi connectivity index (χ2v) is 6.07. The fourth-order valence-corrected chi connectivity index (χ4v) is 2.99. The molecule has 4 unspecified atom stereocenters. The maximum Gasteiger partial charge on any atom is 0.127 e. The zero-order chi connectivity index (χ0) is 14.7. The molecule has 0 aliphatic carbocycles. The van der Waals surface area contributed by atoms with Gasteiger partial charge in [0.2, 0.25) is 0 Å². The zero-order valence-corrected chi connectivity index (χ0v) is 12.3. The summed E-state index contributed by atoms with van der Waals surface area (Å²) in [6.45, 7) is 6.66. The van der Waals surface area contributed by atoms with Crippen LogP contribution in [0.25, 0.3) is 0 Å². The van der Waals surface area contributed by atoms with E-state index in [1.54, 1.807) is 12.1 Å². The van der Waals surface area contributed by atoms with Crippen molar-refractivity contribution in [3.63, 3.8) is 0 Å². The molecule has 20 heavy (non-hydrogen) atoms. The Balaban J connectivity index is 1.92. The lowest BCUT2D eigenvalue weighted by Gasteiger charge is -2.26. The molecular weight excluding hydrogens is 255 g/mol. The van der Waals surface area contributed by atoms with E-state index in [9.17, 15) is 9.50 Å². The highest BCUT2D eigenvalue weighted by atomic mass is 19.1. The lowest BCUT2D eigenvalue weighted by Crippen LogP contribution is -2.33. The number of aliphatic hydroxyl groups excluding tert-OH is 1. The molecule has 3 nitrogen and oxygen atoms in total. The predicted octanol–water partition coefficient (Wildman–Crippen LogP) is 2.16. The van der Waals surface area contributed by atoms with E-state index in [2.05, 4.69) is 11.8 Å². The number of nitrogens with two attached hydrogens (primary N) is 1. The molecule has 0 amide bonds. The molecule has 2 rings (SSSR count). The number of hydrogen-bond donors (Lipinski definition) is 2. The summed E-state index contributed by atoms with van der Waals surface area (Å²) in [5.41, 5.74) is 6.79. The SMILES string of the molecule is CC(O)C1CCN(CC(C)C(N)c2ccccc2F)C1. The minimum absolute atomic E-state index is 0.180. The Bertz CT molecular complexity index is 438. The van der Waals surface area contributed by atoms with Crippen LogP contribution in [-0.2, 0) is 0 Å². The minimum atomic E-state index is -0.290. The second kappa shape index (κ2) is 6.66. The van der Waals surface area contributed by atoms with Crippen LogP contribution in [0.2, 0.25) is 0 Å². The van der Waals surface area contributed by atoms with E-state index in [-0.39, 0.29) is 23.9 Å². The Morgan fingerprint density at radius 3 is 2.70 bits per heavy atom. The van der Waals surface area contributed by atoms with E-state index in [1.165, 1.54) is 6.07 Å². The van der Waals surface area contributed by atoms with E-state index in [1.807, 2.05) is 13.0 Å². The highest BCUT2D eigenvalue weighted by Gasteiger charge is 2.28. The van der Waals surface area contributed by atoms with E-state index in [0.29, 0.717) is 11.5 Å². The van der Waals surface area contributed by atoms with Crippen LogP contribution in [-0.4, -0.2) is 35.7 Å². The third-order valence-electron chi connectivity index (χ3n) is 4.41. The molecule has 0 spiro atoms. The van der Waals surface area contributed by atoms with E-state index in [0.717, 1.165) is 26.1 Å². The minimum Gasteiger partial charge on any atom is -0.393 e. The van der Waals surface area contributed by atoms with E-state index >= 15 is 0 Å². The van der Waals surface area contributed by atoms with Crippen LogP contribution in [0, 0.1) is 17.7 Å².